The van der Waals surface area contributed by atoms with Gasteiger partial charge < -0.3 is 4.90 Å². The van der Waals surface area contributed by atoms with Crippen LogP contribution in [0.15, 0.2) is 91.2 Å². The van der Waals surface area contributed by atoms with Gasteiger partial charge in [-0.15, -0.1) is 0 Å². The van der Waals surface area contributed by atoms with E-state index in [-0.39, 0.29) is 17.2 Å². The highest BCUT2D eigenvalue weighted by molar-refractivity contribution is 5.86. The van der Waals surface area contributed by atoms with E-state index in [4.69, 9.17) is 0 Å². The van der Waals surface area contributed by atoms with Crippen molar-refractivity contribution in [1.82, 2.24) is 0 Å². The lowest BCUT2D eigenvalue weighted by Crippen LogP contribution is -2.13. The van der Waals surface area contributed by atoms with Crippen molar-refractivity contribution < 1.29 is 26.3 Å². The number of hydrogen-bond donors (Lipinski definition) is 0. The SMILES string of the molecule is C=C1/C=C(C)\C=C/N(c2ccc(-c3ccc(C(F)(F)F)cc3C(F)(F)F)cc2)c2ccc(C)cc21. The Morgan fingerprint density at radius 2 is 1.43 bits per heavy atom. The number of nitrogens with zero attached hydrogens (tertiary/aromatic N) is 1. The van der Waals surface area contributed by atoms with Crippen LogP contribution < -0.4 is 4.90 Å². The summed E-state index contributed by atoms with van der Waals surface area (Å²) in [5.74, 6) is 0. The zero-order chi connectivity index (χ0) is 25.5. The lowest BCUT2D eigenvalue weighted by molar-refractivity contribution is -0.142. The standard InChI is InChI=1S/C28H21F6N/c1-17-4-11-26-24(15-17)19(3)14-18(2)12-13-35(26)22-8-5-20(6-9-22)23-10-7-21(27(29,30)31)16-25(23)28(32,33)34/h4-16H,3H2,1-2H3/b13-12-,18-14-. The van der Waals surface area contributed by atoms with Gasteiger partial charge in [0.2, 0.25) is 0 Å². The van der Waals surface area contributed by atoms with E-state index < -0.39 is 23.5 Å². The Morgan fingerprint density at radius 3 is 2.06 bits per heavy atom. The largest absolute Gasteiger partial charge is 0.417 e. The van der Waals surface area contributed by atoms with E-state index in [1.54, 1.807) is 12.1 Å². The predicted molar refractivity (Wildman–Crippen MR) is 127 cm³/mol. The summed E-state index contributed by atoms with van der Waals surface area (Å²) < 4.78 is 80.0. The first-order valence-electron chi connectivity index (χ1n) is 10.7. The fourth-order valence-electron chi connectivity index (χ4n) is 4.02. The average molecular weight is 485 g/mol. The molecule has 0 amide bonds. The number of hydrogen-bond acceptors (Lipinski definition) is 1. The molecule has 0 bridgehead atoms. The molecule has 0 saturated heterocycles. The molecule has 1 aliphatic heterocycles. The van der Waals surface area contributed by atoms with Gasteiger partial charge >= 0.3 is 12.4 Å². The van der Waals surface area contributed by atoms with Gasteiger partial charge in [-0.25, -0.2) is 0 Å². The summed E-state index contributed by atoms with van der Waals surface area (Å²) in [5.41, 5.74) is 2.47. The summed E-state index contributed by atoms with van der Waals surface area (Å²) in [7, 11) is 0. The topological polar surface area (TPSA) is 3.24 Å². The molecule has 1 nitrogen and oxygen atoms in total. The molecule has 0 radical (unpaired) electrons. The van der Waals surface area contributed by atoms with Crippen molar-refractivity contribution in [3.05, 3.63) is 113 Å². The van der Waals surface area contributed by atoms with Crippen LogP contribution in [0.25, 0.3) is 16.7 Å². The van der Waals surface area contributed by atoms with Gasteiger partial charge in [0.05, 0.1) is 16.8 Å². The Labute approximate surface area is 199 Å². The maximum absolute atomic E-state index is 13.6. The third-order valence-corrected chi connectivity index (χ3v) is 5.75. The monoisotopic (exact) mass is 485 g/mol. The van der Waals surface area contributed by atoms with Crippen molar-refractivity contribution in [1.29, 1.82) is 0 Å². The predicted octanol–water partition coefficient (Wildman–Crippen LogP) is 9.32. The van der Waals surface area contributed by atoms with Crippen molar-refractivity contribution in [3.63, 3.8) is 0 Å². The molecule has 0 aromatic heterocycles. The molecule has 0 spiro atoms. The second-order valence-corrected chi connectivity index (χ2v) is 8.42. The maximum atomic E-state index is 13.6. The molecular formula is C28H21F6N. The van der Waals surface area contributed by atoms with Gasteiger partial charge in [0, 0.05) is 17.5 Å². The van der Waals surface area contributed by atoms with E-state index in [1.165, 1.54) is 12.1 Å². The zero-order valence-corrected chi connectivity index (χ0v) is 18.9. The fraction of sp³-hybridized carbons (Fsp3) is 0.143. The van der Waals surface area contributed by atoms with E-state index >= 15 is 0 Å². The van der Waals surface area contributed by atoms with Crippen molar-refractivity contribution >= 4 is 16.9 Å². The Morgan fingerprint density at radius 1 is 0.743 bits per heavy atom. The van der Waals surface area contributed by atoms with E-state index in [9.17, 15) is 26.3 Å². The molecule has 180 valence electrons. The molecule has 1 heterocycles. The van der Waals surface area contributed by atoms with Gasteiger partial charge in [-0.3, -0.25) is 0 Å². The molecule has 0 unspecified atom stereocenters. The summed E-state index contributed by atoms with van der Waals surface area (Å²) in [6.07, 6.45) is -4.08. The number of allylic oxidation sites excluding steroid dienone is 4. The molecule has 4 rings (SSSR count). The van der Waals surface area contributed by atoms with Crippen LogP contribution in [-0.2, 0) is 12.4 Å². The summed E-state index contributed by atoms with van der Waals surface area (Å²) in [5, 5.41) is 0. The van der Waals surface area contributed by atoms with Crippen molar-refractivity contribution in [2.24, 2.45) is 0 Å². The van der Waals surface area contributed by atoms with E-state index in [1.807, 2.05) is 55.3 Å². The second-order valence-electron chi connectivity index (χ2n) is 8.42. The molecular weight excluding hydrogens is 464 g/mol. The number of halogens is 6. The smallest absolute Gasteiger partial charge is 0.317 e. The third kappa shape index (κ3) is 5.04. The summed E-state index contributed by atoms with van der Waals surface area (Å²) in [4.78, 5) is 1.90. The molecule has 35 heavy (non-hydrogen) atoms. The minimum absolute atomic E-state index is 0.156. The van der Waals surface area contributed by atoms with Gasteiger partial charge in [0.15, 0.2) is 0 Å². The first-order valence-corrected chi connectivity index (χ1v) is 10.7. The zero-order valence-electron chi connectivity index (χ0n) is 18.9. The molecule has 7 heteroatoms. The molecule has 0 saturated carbocycles. The van der Waals surface area contributed by atoms with E-state index in [0.29, 0.717) is 11.8 Å². The van der Waals surface area contributed by atoms with Gasteiger partial charge in [0.25, 0.3) is 0 Å². The molecule has 3 aromatic carbocycles. The number of fused-ring (bicyclic) bond motifs is 1. The van der Waals surface area contributed by atoms with Gasteiger partial charge in [-0.05, 0) is 78.6 Å². The fourth-order valence-corrected chi connectivity index (χ4v) is 4.02. The number of aryl methyl sites for hydroxylation is 1. The minimum atomic E-state index is -4.94. The van der Waals surface area contributed by atoms with Gasteiger partial charge in [0.1, 0.15) is 0 Å². The van der Waals surface area contributed by atoms with Crippen LogP contribution in [0.4, 0.5) is 37.7 Å². The lowest BCUT2D eigenvalue weighted by atomic mass is 9.96. The van der Waals surface area contributed by atoms with E-state index in [0.717, 1.165) is 34.0 Å². The molecule has 3 aromatic rings. The maximum Gasteiger partial charge on any atom is 0.417 e. The molecule has 1 aliphatic rings. The summed E-state index contributed by atoms with van der Waals surface area (Å²) in [6, 6.07) is 13.8. The number of rotatable bonds is 2. The second kappa shape index (κ2) is 8.80. The van der Waals surface area contributed by atoms with E-state index in [2.05, 4.69) is 6.58 Å². The molecule has 0 N–H and O–H groups in total. The Bertz CT molecular complexity index is 1340. The Hall–Kier alpha value is -3.74. The van der Waals surface area contributed by atoms with Crippen LogP contribution in [0.3, 0.4) is 0 Å². The van der Waals surface area contributed by atoms with Crippen molar-refractivity contribution in [2.75, 3.05) is 4.90 Å². The Kier molecular flexibility index (Phi) is 6.13. The number of anilines is 2. The molecule has 0 atom stereocenters. The number of alkyl halides is 6. The van der Waals surface area contributed by atoms with Crippen LogP contribution >= 0.6 is 0 Å². The highest BCUT2D eigenvalue weighted by atomic mass is 19.4. The lowest BCUT2D eigenvalue weighted by Gasteiger charge is -2.26. The van der Waals surface area contributed by atoms with Crippen LogP contribution in [-0.4, -0.2) is 0 Å². The minimum Gasteiger partial charge on any atom is -0.317 e. The van der Waals surface area contributed by atoms with Crippen LogP contribution in [0.1, 0.15) is 29.2 Å². The van der Waals surface area contributed by atoms with Crippen molar-refractivity contribution in [3.8, 4) is 11.1 Å². The number of benzene rings is 3. The molecule has 0 fully saturated rings. The van der Waals surface area contributed by atoms with Crippen molar-refractivity contribution in [2.45, 2.75) is 26.2 Å². The summed E-state index contributed by atoms with van der Waals surface area (Å²) >= 11 is 0. The van der Waals surface area contributed by atoms with Gasteiger partial charge in [-0.2, -0.15) is 26.3 Å². The first kappa shape index (κ1) is 24.4. The normalized spacial score (nSPS) is 16.7. The van der Waals surface area contributed by atoms with Crippen LogP contribution in [0, 0.1) is 6.92 Å². The quantitative estimate of drug-likeness (QED) is 0.327. The summed E-state index contributed by atoms with van der Waals surface area (Å²) in [6.45, 7) is 8.07. The highest BCUT2D eigenvalue weighted by Gasteiger charge is 2.38. The van der Waals surface area contributed by atoms with Crippen LogP contribution in [0.2, 0.25) is 0 Å². The van der Waals surface area contributed by atoms with Crippen LogP contribution in [0.5, 0.6) is 0 Å². The van der Waals surface area contributed by atoms with Gasteiger partial charge in [-0.1, -0.05) is 42.5 Å². The first-order chi connectivity index (χ1) is 16.3. The third-order valence-electron chi connectivity index (χ3n) is 5.75. The highest BCUT2D eigenvalue weighted by Crippen LogP contribution is 2.42. The Balaban J connectivity index is 1.79. The average Bonchev–Trinajstić information content (AvgIpc) is 2.78. The molecule has 0 aliphatic carbocycles.